The number of urea groups is 1. The fraction of sp³-hybridized carbons (Fsp3) is 0.833. The molecular formula is C12H22N2O4S. The summed E-state index contributed by atoms with van der Waals surface area (Å²) in [5.74, 6) is -0.782. The van der Waals surface area contributed by atoms with Gasteiger partial charge in [0.2, 0.25) is 0 Å². The standard InChI is InChI=1S/C12H22N2O4S/c1-8(5-7-19(3)18)13-12(17)14-6-4-10(9(14)2)11(15)16/h8-10H,4-7H2,1-3H3,(H,13,17)(H,15,16). The summed E-state index contributed by atoms with van der Waals surface area (Å²) in [6.07, 6.45) is 2.78. The topological polar surface area (TPSA) is 86.7 Å². The normalized spacial score (nSPS) is 25.9. The average molecular weight is 290 g/mol. The van der Waals surface area contributed by atoms with E-state index in [1.54, 1.807) is 18.1 Å². The Morgan fingerprint density at radius 2 is 2.16 bits per heavy atom. The summed E-state index contributed by atoms with van der Waals surface area (Å²) in [6, 6.07) is -0.580. The molecule has 0 aromatic heterocycles. The number of rotatable bonds is 5. The summed E-state index contributed by atoms with van der Waals surface area (Å²) in [4.78, 5) is 24.6. The van der Waals surface area contributed by atoms with Crippen molar-refractivity contribution in [2.24, 2.45) is 5.92 Å². The van der Waals surface area contributed by atoms with Gasteiger partial charge in [0.1, 0.15) is 0 Å². The van der Waals surface area contributed by atoms with E-state index in [1.165, 1.54) is 0 Å². The van der Waals surface area contributed by atoms with Crippen LogP contribution in [-0.2, 0) is 15.6 Å². The van der Waals surface area contributed by atoms with Gasteiger partial charge < -0.3 is 15.3 Å². The number of aliphatic carboxylic acids is 1. The van der Waals surface area contributed by atoms with E-state index in [4.69, 9.17) is 5.11 Å². The number of hydrogen-bond acceptors (Lipinski definition) is 3. The van der Waals surface area contributed by atoms with Crippen LogP contribution >= 0.6 is 0 Å². The second-order valence-corrected chi connectivity index (χ2v) is 6.64. The molecule has 1 aliphatic rings. The summed E-state index contributed by atoms with van der Waals surface area (Å²) < 4.78 is 11.0. The van der Waals surface area contributed by atoms with E-state index < -0.39 is 22.7 Å². The van der Waals surface area contributed by atoms with Gasteiger partial charge in [-0.3, -0.25) is 9.00 Å². The molecule has 1 saturated heterocycles. The van der Waals surface area contributed by atoms with E-state index in [0.717, 1.165) is 0 Å². The number of carboxylic acids is 1. The Kier molecular flexibility index (Phi) is 5.78. The lowest BCUT2D eigenvalue weighted by atomic mass is 10.0. The molecule has 19 heavy (non-hydrogen) atoms. The van der Waals surface area contributed by atoms with Gasteiger partial charge in [-0.25, -0.2) is 4.79 Å². The molecule has 4 unspecified atom stereocenters. The Labute approximate surface area is 116 Å². The van der Waals surface area contributed by atoms with Gasteiger partial charge in [-0.2, -0.15) is 0 Å². The second-order valence-electron chi connectivity index (χ2n) is 5.08. The predicted octanol–water partition coefficient (Wildman–Crippen LogP) is 0.648. The van der Waals surface area contributed by atoms with Gasteiger partial charge in [0.05, 0.1) is 5.92 Å². The number of carbonyl (C=O) groups is 2. The third-order valence-electron chi connectivity index (χ3n) is 3.54. The maximum absolute atomic E-state index is 12.0. The first-order chi connectivity index (χ1) is 8.82. The molecule has 4 atom stereocenters. The maximum Gasteiger partial charge on any atom is 0.317 e. The summed E-state index contributed by atoms with van der Waals surface area (Å²) >= 11 is 0. The second kappa shape index (κ2) is 6.88. The highest BCUT2D eigenvalue weighted by Gasteiger charge is 2.38. The minimum atomic E-state index is -0.864. The van der Waals surface area contributed by atoms with Crippen molar-refractivity contribution >= 4 is 22.8 Å². The molecule has 0 radical (unpaired) electrons. The zero-order chi connectivity index (χ0) is 14.6. The number of hydrogen-bond donors (Lipinski definition) is 2. The minimum absolute atomic E-state index is 0.0625. The maximum atomic E-state index is 12.0. The molecule has 2 N–H and O–H groups in total. The summed E-state index contributed by atoms with van der Waals surface area (Å²) in [7, 11) is -0.864. The minimum Gasteiger partial charge on any atom is -0.481 e. The van der Waals surface area contributed by atoms with Gasteiger partial charge in [-0.15, -0.1) is 0 Å². The van der Waals surface area contributed by atoms with Gasteiger partial charge >= 0.3 is 12.0 Å². The third kappa shape index (κ3) is 4.49. The Bertz CT molecular complexity index is 375. The molecule has 1 aliphatic heterocycles. The van der Waals surface area contributed by atoms with E-state index >= 15 is 0 Å². The molecule has 0 aromatic carbocycles. The van der Waals surface area contributed by atoms with Crippen molar-refractivity contribution in [3.63, 3.8) is 0 Å². The number of nitrogens with one attached hydrogen (secondary N) is 1. The molecule has 1 rings (SSSR count). The molecule has 0 saturated carbocycles. The van der Waals surface area contributed by atoms with Crippen LogP contribution in [0.15, 0.2) is 0 Å². The summed E-state index contributed by atoms with van der Waals surface area (Å²) in [5.41, 5.74) is 0. The Morgan fingerprint density at radius 1 is 1.53 bits per heavy atom. The molecule has 0 spiro atoms. The molecule has 0 aliphatic carbocycles. The predicted molar refractivity (Wildman–Crippen MR) is 73.5 cm³/mol. The van der Waals surface area contributed by atoms with Crippen LogP contribution in [-0.4, -0.2) is 56.9 Å². The van der Waals surface area contributed by atoms with Crippen molar-refractivity contribution in [1.82, 2.24) is 10.2 Å². The van der Waals surface area contributed by atoms with Crippen LogP contribution in [0.1, 0.15) is 26.7 Å². The Balaban J connectivity index is 2.46. The third-order valence-corrected chi connectivity index (χ3v) is 4.35. The van der Waals surface area contributed by atoms with Crippen LogP contribution < -0.4 is 5.32 Å². The Morgan fingerprint density at radius 3 is 2.63 bits per heavy atom. The average Bonchev–Trinajstić information content (AvgIpc) is 2.68. The smallest absolute Gasteiger partial charge is 0.317 e. The van der Waals surface area contributed by atoms with Crippen LogP contribution in [0.25, 0.3) is 0 Å². The largest absolute Gasteiger partial charge is 0.481 e. The number of carboxylic acid groups (broad SMARTS) is 1. The van der Waals surface area contributed by atoms with Crippen LogP contribution in [0.5, 0.6) is 0 Å². The lowest BCUT2D eigenvalue weighted by molar-refractivity contribution is -0.142. The Hall–Kier alpha value is -1.11. The van der Waals surface area contributed by atoms with Gasteiger partial charge in [0.15, 0.2) is 0 Å². The van der Waals surface area contributed by atoms with Crippen molar-refractivity contribution in [3.05, 3.63) is 0 Å². The zero-order valence-electron chi connectivity index (χ0n) is 11.6. The van der Waals surface area contributed by atoms with Crippen LogP contribution in [0.4, 0.5) is 4.79 Å². The van der Waals surface area contributed by atoms with Gasteiger partial charge in [0.25, 0.3) is 0 Å². The first-order valence-electron chi connectivity index (χ1n) is 6.43. The lowest BCUT2D eigenvalue weighted by Crippen LogP contribution is -2.47. The molecule has 7 heteroatoms. The molecule has 110 valence electrons. The van der Waals surface area contributed by atoms with Gasteiger partial charge in [-0.1, -0.05) is 0 Å². The quantitative estimate of drug-likeness (QED) is 0.778. The fourth-order valence-corrected chi connectivity index (χ4v) is 2.95. The van der Waals surface area contributed by atoms with E-state index in [9.17, 15) is 13.8 Å². The van der Waals surface area contributed by atoms with Crippen molar-refractivity contribution in [2.45, 2.75) is 38.8 Å². The molecule has 6 nitrogen and oxygen atoms in total. The fourth-order valence-electron chi connectivity index (χ4n) is 2.27. The van der Waals surface area contributed by atoms with E-state index in [1.807, 2.05) is 6.92 Å². The van der Waals surface area contributed by atoms with Crippen LogP contribution in [0.3, 0.4) is 0 Å². The molecule has 1 fully saturated rings. The molecule has 2 amide bonds. The van der Waals surface area contributed by atoms with E-state index in [0.29, 0.717) is 25.1 Å². The highest BCUT2D eigenvalue weighted by Crippen LogP contribution is 2.24. The van der Waals surface area contributed by atoms with Crippen LogP contribution in [0.2, 0.25) is 0 Å². The first-order valence-corrected chi connectivity index (χ1v) is 8.15. The van der Waals surface area contributed by atoms with E-state index in [2.05, 4.69) is 5.32 Å². The van der Waals surface area contributed by atoms with Crippen molar-refractivity contribution < 1.29 is 18.9 Å². The zero-order valence-corrected chi connectivity index (χ0v) is 12.4. The van der Waals surface area contributed by atoms with E-state index in [-0.39, 0.29) is 18.1 Å². The van der Waals surface area contributed by atoms with Crippen molar-refractivity contribution in [2.75, 3.05) is 18.6 Å². The number of carbonyl (C=O) groups excluding carboxylic acids is 1. The number of nitrogens with zero attached hydrogens (tertiary/aromatic N) is 1. The lowest BCUT2D eigenvalue weighted by Gasteiger charge is -2.25. The number of likely N-dealkylation sites (tertiary alicyclic amines) is 1. The SMILES string of the molecule is CC(CCS(C)=O)NC(=O)N1CCC(C(=O)O)C1C. The molecule has 0 bridgehead atoms. The first kappa shape index (κ1) is 15.9. The monoisotopic (exact) mass is 290 g/mol. The van der Waals surface area contributed by atoms with Gasteiger partial charge in [-0.05, 0) is 26.7 Å². The molecule has 0 aromatic rings. The van der Waals surface area contributed by atoms with Crippen LogP contribution in [0, 0.1) is 5.92 Å². The van der Waals surface area contributed by atoms with Crippen molar-refractivity contribution in [1.29, 1.82) is 0 Å². The summed E-state index contributed by atoms with van der Waals surface area (Å²) in [6.45, 7) is 4.09. The highest BCUT2D eigenvalue weighted by molar-refractivity contribution is 7.84. The molecular weight excluding hydrogens is 268 g/mol. The molecule has 1 heterocycles. The van der Waals surface area contributed by atoms with Crippen molar-refractivity contribution in [3.8, 4) is 0 Å². The highest BCUT2D eigenvalue weighted by atomic mass is 32.2. The van der Waals surface area contributed by atoms with Gasteiger partial charge in [0, 0.05) is 41.4 Å². The number of amides is 2. The summed E-state index contributed by atoms with van der Waals surface area (Å²) in [5, 5.41) is 11.8.